The van der Waals surface area contributed by atoms with Crippen molar-refractivity contribution in [2.45, 2.75) is 39.2 Å². The molecule has 2 aromatic rings. The normalized spacial score (nSPS) is 16.9. The van der Waals surface area contributed by atoms with E-state index in [1.165, 1.54) is 17.3 Å². The van der Waals surface area contributed by atoms with Gasteiger partial charge in [0.2, 0.25) is 5.91 Å². The molecule has 8 heteroatoms. The van der Waals surface area contributed by atoms with Crippen LogP contribution in [0.3, 0.4) is 0 Å². The highest BCUT2D eigenvalue weighted by atomic mass is 32.2. The molecule has 1 atom stereocenters. The molecule has 1 unspecified atom stereocenters. The maximum atomic E-state index is 13.6. The van der Waals surface area contributed by atoms with Crippen LogP contribution in [0.25, 0.3) is 5.70 Å². The Morgan fingerprint density at radius 3 is 2.45 bits per heavy atom. The van der Waals surface area contributed by atoms with Crippen molar-refractivity contribution in [1.29, 1.82) is 0 Å². The number of likely N-dealkylation sites (N-methyl/N-ethyl adjacent to an activating group) is 1. The maximum absolute atomic E-state index is 13.6. The third-order valence-corrected chi connectivity index (χ3v) is 7.38. The summed E-state index contributed by atoms with van der Waals surface area (Å²) in [5.41, 5.74) is 4.89. The Hall–Kier alpha value is -3.36. The van der Waals surface area contributed by atoms with Crippen molar-refractivity contribution in [3.05, 3.63) is 88.0 Å². The molecule has 2 aromatic carbocycles. The number of aliphatic imine (C=N–C) groups is 1. The molecule has 0 aromatic heterocycles. The van der Waals surface area contributed by atoms with E-state index in [2.05, 4.69) is 43.4 Å². The zero-order chi connectivity index (χ0) is 27.2. The maximum Gasteiger partial charge on any atom is 0.338 e. The molecular weight excluding hydrogens is 496 g/mol. The molecule has 0 radical (unpaired) electrons. The van der Waals surface area contributed by atoms with E-state index < -0.39 is 12.0 Å². The van der Waals surface area contributed by atoms with Gasteiger partial charge in [0.1, 0.15) is 0 Å². The highest BCUT2D eigenvalue weighted by Gasteiger charge is 2.42. The lowest BCUT2D eigenvalue weighted by Gasteiger charge is -2.37. The molecule has 1 amide bonds. The molecule has 0 bridgehead atoms. The number of nitrogens with zero attached hydrogens (tertiary/aromatic N) is 3. The minimum atomic E-state index is -0.478. The molecule has 0 saturated heterocycles. The Labute approximate surface area is 229 Å². The zero-order valence-electron chi connectivity index (χ0n) is 22.7. The number of benzene rings is 2. The van der Waals surface area contributed by atoms with Crippen LogP contribution in [0.4, 0.5) is 0 Å². The molecule has 7 nitrogen and oxygen atoms in total. The summed E-state index contributed by atoms with van der Waals surface area (Å²) in [6.45, 7) is 7.71. The van der Waals surface area contributed by atoms with Crippen LogP contribution in [-0.4, -0.2) is 60.6 Å². The average Bonchev–Trinajstić information content (AvgIpc) is 3.30. The monoisotopic (exact) mass is 532 g/mol. The molecule has 0 spiro atoms. The van der Waals surface area contributed by atoms with Crippen molar-refractivity contribution in [2.75, 3.05) is 33.8 Å². The number of carbonyl (C=O) groups is 2. The molecule has 200 valence electrons. The molecule has 1 N–H and O–H groups in total. The smallest absolute Gasteiger partial charge is 0.338 e. The average molecular weight is 533 g/mol. The van der Waals surface area contributed by atoms with Gasteiger partial charge in [0.25, 0.3) is 0 Å². The van der Waals surface area contributed by atoms with Crippen molar-refractivity contribution in [1.82, 2.24) is 15.1 Å². The van der Waals surface area contributed by atoms with Crippen molar-refractivity contribution < 1.29 is 14.3 Å². The number of amidine groups is 1. The Kier molecular flexibility index (Phi) is 9.07. The quantitative estimate of drug-likeness (QED) is 0.427. The van der Waals surface area contributed by atoms with Gasteiger partial charge in [-0.3, -0.25) is 4.79 Å². The minimum Gasteiger partial charge on any atom is -0.463 e. The van der Waals surface area contributed by atoms with Gasteiger partial charge in [0.05, 0.1) is 30.3 Å². The fraction of sp³-hybridized carbons (Fsp3) is 0.367. The summed E-state index contributed by atoms with van der Waals surface area (Å²) in [5, 5.41) is 5.71. The van der Waals surface area contributed by atoms with Crippen LogP contribution in [0.1, 0.15) is 55.8 Å². The van der Waals surface area contributed by atoms with Gasteiger partial charge in [-0.05, 0) is 43.5 Å². The standard InChI is InChI=1S/C30H36N4O3S/c1-6-37-29(36)26-27(22-10-8-7-9-11-22)32-30-34(28(26)23-14-12-21(13-15-23)20(2)3)24(19-38-30)18-25(35)31-16-17-33(4)5/h7-15,19-20,28H,6,16-18H2,1-5H3,(H,31,35). The lowest BCUT2D eigenvalue weighted by Crippen LogP contribution is -2.38. The number of ether oxygens (including phenoxy) is 1. The second-order valence-electron chi connectivity index (χ2n) is 9.89. The van der Waals surface area contributed by atoms with Crippen molar-refractivity contribution in [3.63, 3.8) is 0 Å². The molecular formula is C30H36N4O3S. The number of esters is 1. The van der Waals surface area contributed by atoms with Gasteiger partial charge in [0, 0.05) is 24.4 Å². The van der Waals surface area contributed by atoms with Gasteiger partial charge in [-0.1, -0.05) is 80.2 Å². The number of carbonyl (C=O) groups excluding carboxylic acids is 2. The SMILES string of the molecule is CCOC(=O)C1=C(c2ccccc2)N=C2SC=C(CC(=O)NCCN(C)C)N2C1c1ccc(C(C)C)cc1. The number of rotatable bonds is 10. The highest BCUT2D eigenvalue weighted by molar-refractivity contribution is 8.16. The lowest BCUT2D eigenvalue weighted by atomic mass is 9.90. The second-order valence-corrected chi connectivity index (χ2v) is 10.7. The van der Waals surface area contributed by atoms with E-state index >= 15 is 0 Å². The molecule has 0 aliphatic carbocycles. The number of fused-ring (bicyclic) bond motifs is 1. The van der Waals surface area contributed by atoms with Crippen molar-refractivity contribution >= 4 is 34.5 Å². The summed E-state index contributed by atoms with van der Waals surface area (Å²) < 4.78 is 5.58. The topological polar surface area (TPSA) is 74.2 Å². The first kappa shape index (κ1) is 27.7. The van der Waals surface area contributed by atoms with Crippen LogP contribution in [0, 0.1) is 0 Å². The number of nitrogens with one attached hydrogen (secondary N) is 1. The minimum absolute atomic E-state index is 0.0654. The Morgan fingerprint density at radius 1 is 1.11 bits per heavy atom. The fourth-order valence-corrected chi connectivity index (χ4v) is 5.43. The fourth-order valence-electron chi connectivity index (χ4n) is 4.51. The third kappa shape index (κ3) is 6.19. The van der Waals surface area contributed by atoms with E-state index in [4.69, 9.17) is 9.73 Å². The molecule has 2 aliphatic heterocycles. The van der Waals surface area contributed by atoms with Crippen molar-refractivity contribution in [3.8, 4) is 0 Å². The number of hydrogen-bond donors (Lipinski definition) is 1. The first-order valence-corrected chi connectivity index (χ1v) is 13.9. The van der Waals surface area contributed by atoms with Crippen LogP contribution in [0.5, 0.6) is 0 Å². The molecule has 0 saturated carbocycles. The lowest BCUT2D eigenvalue weighted by molar-refractivity contribution is -0.139. The van der Waals surface area contributed by atoms with E-state index in [1.54, 1.807) is 6.92 Å². The largest absolute Gasteiger partial charge is 0.463 e. The van der Waals surface area contributed by atoms with Crippen LogP contribution < -0.4 is 5.32 Å². The Balaban J connectivity index is 1.78. The van der Waals surface area contributed by atoms with E-state index in [9.17, 15) is 9.59 Å². The first-order valence-electron chi connectivity index (χ1n) is 13.0. The summed E-state index contributed by atoms with van der Waals surface area (Å²) in [5.74, 6) is -0.0840. The third-order valence-electron chi connectivity index (χ3n) is 6.49. The van der Waals surface area contributed by atoms with E-state index in [0.29, 0.717) is 23.7 Å². The molecule has 4 rings (SSSR count). The van der Waals surface area contributed by atoms with Crippen molar-refractivity contribution in [2.24, 2.45) is 4.99 Å². The van der Waals surface area contributed by atoms with E-state index in [1.807, 2.05) is 59.6 Å². The van der Waals surface area contributed by atoms with Crippen LogP contribution in [-0.2, 0) is 14.3 Å². The van der Waals surface area contributed by atoms with E-state index in [0.717, 1.165) is 28.5 Å². The molecule has 2 heterocycles. The van der Waals surface area contributed by atoms with Gasteiger partial charge in [-0.2, -0.15) is 0 Å². The highest BCUT2D eigenvalue weighted by Crippen LogP contribution is 2.47. The number of thioether (sulfide) groups is 1. The molecule has 0 fully saturated rings. The van der Waals surface area contributed by atoms with Gasteiger partial charge < -0.3 is 19.9 Å². The van der Waals surface area contributed by atoms with E-state index in [-0.39, 0.29) is 18.9 Å². The van der Waals surface area contributed by atoms with Gasteiger partial charge in [-0.15, -0.1) is 0 Å². The summed E-state index contributed by atoms with van der Waals surface area (Å²) in [7, 11) is 3.95. The van der Waals surface area contributed by atoms with Crippen LogP contribution >= 0.6 is 11.8 Å². The van der Waals surface area contributed by atoms with Crippen LogP contribution in [0.15, 0.2) is 76.3 Å². The zero-order valence-corrected chi connectivity index (χ0v) is 23.5. The summed E-state index contributed by atoms with van der Waals surface area (Å²) in [6.07, 6.45) is 0.191. The predicted octanol–water partition coefficient (Wildman–Crippen LogP) is 5.15. The number of hydrogen-bond acceptors (Lipinski definition) is 7. The summed E-state index contributed by atoms with van der Waals surface area (Å²) >= 11 is 1.48. The summed E-state index contributed by atoms with van der Waals surface area (Å²) in [6, 6.07) is 17.6. The molecule has 38 heavy (non-hydrogen) atoms. The van der Waals surface area contributed by atoms with Crippen LogP contribution in [0.2, 0.25) is 0 Å². The predicted molar refractivity (Wildman–Crippen MR) is 154 cm³/mol. The molecule has 2 aliphatic rings. The van der Waals surface area contributed by atoms with Gasteiger partial charge in [0.15, 0.2) is 5.17 Å². The Morgan fingerprint density at radius 2 is 1.82 bits per heavy atom. The second kappa shape index (κ2) is 12.5. The van der Waals surface area contributed by atoms with Gasteiger partial charge in [-0.25, -0.2) is 9.79 Å². The number of amides is 1. The Bertz CT molecular complexity index is 1250. The summed E-state index contributed by atoms with van der Waals surface area (Å²) in [4.78, 5) is 35.5. The first-order chi connectivity index (χ1) is 18.3. The van der Waals surface area contributed by atoms with Gasteiger partial charge >= 0.3 is 5.97 Å².